The molecule has 0 aromatic heterocycles. The molecular formula is C14H18ClNO3. The number of halogens is 1. The molecule has 1 aliphatic heterocycles. The van der Waals surface area contributed by atoms with Gasteiger partial charge in [-0.25, -0.2) is 0 Å². The third-order valence-electron chi connectivity index (χ3n) is 3.64. The van der Waals surface area contributed by atoms with E-state index in [2.05, 4.69) is 4.90 Å². The van der Waals surface area contributed by atoms with Crippen LogP contribution in [0.2, 0.25) is 5.02 Å². The van der Waals surface area contributed by atoms with Gasteiger partial charge in [-0.2, -0.15) is 0 Å². The summed E-state index contributed by atoms with van der Waals surface area (Å²) in [5, 5.41) is 9.80. The summed E-state index contributed by atoms with van der Waals surface area (Å²) in [5.41, 5.74) is 0.994. The van der Waals surface area contributed by atoms with Gasteiger partial charge in [0.05, 0.1) is 13.0 Å². The Kier molecular flexibility index (Phi) is 4.32. The van der Waals surface area contributed by atoms with Crippen LogP contribution in [0.4, 0.5) is 0 Å². The highest BCUT2D eigenvalue weighted by Crippen LogP contribution is 2.28. The summed E-state index contributed by atoms with van der Waals surface area (Å²) in [6.07, 6.45) is 0. The van der Waals surface area contributed by atoms with E-state index in [1.165, 1.54) is 0 Å². The van der Waals surface area contributed by atoms with Gasteiger partial charge in [0.25, 0.3) is 0 Å². The van der Waals surface area contributed by atoms with Gasteiger partial charge in [-0.15, -0.1) is 0 Å². The van der Waals surface area contributed by atoms with Crippen molar-refractivity contribution in [2.75, 3.05) is 20.2 Å². The number of rotatable bonds is 4. The van der Waals surface area contributed by atoms with E-state index >= 15 is 0 Å². The summed E-state index contributed by atoms with van der Waals surface area (Å²) >= 11 is 6.00. The van der Waals surface area contributed by atoms with Crippen LogP contribution in [0, 0.1) is 11.8 Å². The van der Waals surface area contributed by atoms with Crippen molar-refractivity contribution in [1.82, 2.24) is 4.90 Å². The number of carboxylic acids is 1. The van der Waals surface area contributed by atoms with Gasteiger partial charge in [0.2, 0.25) is 0 Å². The van der Waals surface area contributed by atoms with Crippen LogP contribution in [0.15, 0.2) is 18.2 Å². The van der Waals surface area contributed by atoms with Crippen molar-refractivity contribution < 1.29 is 14.6 Å². The average Bonchev–Trinajstić information content (AvgIpc) is 2.71. The summed E-state index contributed by atoms with van der Waals surface area (Å²) in [6.45, 7) is 4.00. The summed E-state index contributed by atoms with van der Waals surface area (Å²) in [4.78, 5) is 13.3. The zero-order valence-corrected chi connectivity index (χ0v) is 11.9. The van der Waals surface area contributed by atoms with Crippen LogP contribution in [0.1, 0.15) is 12.5 Å². The van der Waals surface area contributed by atoms with Crippen LogP contribution in [-0.4, -0.2) is 36.2 Å². The van der Waals surface area contributed by atoms with E-state index in [0.29, 0.717) is 18.1 Å². The van der Waals surface area contributed by atoms with E-state index in [-0.39, 0.29) is 11.8 Å². The van der Waals surface area contributed by atoms with Crippen molar-refractivity contribution in [2.45, 2.75) is 13.5 Å². The fourth-order valence-corrected chi connectivity index (χ4v) is 2.82. The zero-order valence-electron chi connectivity index (χ0n) is 11.1. The Balaban J connectivity index is 2.10. The Labute approximate surface area is 117 Å². The van der Waals surface area contributed by atoms with Gasteiger partial charge in [-0.05, 0) is 24.1 Å². The van der Waals surface area contributed by atoms with Gasteiger partial charge in [0.15, 0.2) is 0 Å². The quantitative estimate of drug-likeness (QED) is 0.922. The lowest BCUT2D eigenvalue weighted by atomic mass is 9.99. The highest BCUT2D eigenvalue weighted by atomic mass is 35.5. The van der Waals surface area contributed by atoms with E-state index < -0.39 is 5.97 Å². The molecule has 5 heteroatoms. The summed E-state index contributed by atoms with van der Waals surface area (Å²) in [5.74, 6) is -0.0447. The van der Waals surface area contributed by atoms with Crippen LogP contribution < -0.4 is 4.74 Å². The van der Waals surface area contributed by atoms with Gasteiger partial charge < -0.3 is 9.84 Å². The Morgan fingerprint density at radius 1 is 1.53 bits per heavy atom. The summed E-state index contributed by atoms with van der Waals surface area (Å²) in [7, 11) is 1.62. The second-order valence-corrected chi connectivity index (χ2v) is 5.51. The molecule has 1 aromatic carbocycles. The number of ether oxygens (including phenoxy) is 1. The van der Waals surface area contributed by atoms with Crippen LogP contribution in [-0.2, 0) is 11.3 Å². The molecule has 1 saturated heterocycles. The third kappa shape index (κ3) is 3.19. The van der Waals surface area contributed by atoms with E-state index in [1.54, 1.807) is 13.2 Å². The van der Waals surface area contributed by atoms with Crippen molar-refractivity contribution in [3.8, 4) is 5.75 Å². The molecular weight excluding hydrogens is 266 g/mol. The number of aliphatic carboxylic acids is 1. The number of hydrogen-bond donors (Lipinski definition) is 1. The van der Waals surface area contributed by atoms with Gasteiger partial charge in [-0.3, -0.25) is 9.69 Å². The number of nitrogens with zero attached hydrogens (tertiary/aromatic N) is 1. The molecule has 1 N–H and O–H groups in total. The maximum absolute atomic E-state index is 11.1. The molecule has 2 unspecified atom stereocenters. The molecule has 0 spiro atoms. The summed E-state index contributed by atoms with van der Waals surface area (Å²) in [6, 6.07) is 5.50. The molecule has 0 bridgehead atoms. The first kappa shape index (κ1) is 14.2. The molecule has 0 radical (unpaired) electrons. The summed E-state index contributed by atoms with van der Waals surface area (Å²) < 4.78 is 5.31. The molecule has 4 nitrogen and oxygen atoms in total. The van der Waals surface area contributed by atoms with E-state index in [4.69, 9.17) is 21.4 Å². The van der Waals surface area contributed by atoms with Crippen LogP contribution >= 0.6 is 11.6 Å². The molecule has 1 aromatic rings. The van der Waals surface area contributed by atoms with E-state index in [0.717, 1.165) is 17.9 Å². The van der Waals surface area contributed by atoms with Gasteiger partial charge in [-0.1, -0.05) is 18.5 Å². The lowest BCUT2D eigenvalue weighted by Crippen LogP contribution is -2.23. The first-order valence-corrected chi connectivity index (χ1v) is 6.66. The lowest BCUT2D eigenvalue weighted by molar-refractivity contribution is -0.142. The maximum atomic E-state index is 11.1. The molecule has 1 heterocycles. The monoisotopic (exact) mass is 283 g/mol. The number of methoxy groups -OCH3 is 1. The van der Waals surface area contributed by atoms with E-state index in [1.807, 2.05) is 19.1 Å². The average molecular weight is 284 g/mol. The number of benzene rings is 1. The van der Waals surface area contributed by atoms with Crippen molar-refractivity contribution >= 4 is 17.6 Å². The zero-order chi connectivity index (χ0) is 14.0. The van der Waals surface area contributed by atoms with Gasteiger partial charge in [0, 0.05) is 30.2 Å². The molecule has 0 amide bonds. The molecule has 0 saturated carbocycles. The number of carbonyl (C=O) groups is 1. The molecule has 2 atom stereocenters. The second kappa shape index (κ2) is 5.80. The Morgan fingerprint density at radius 2 is 2.26 bits per heavy atom. The smallest absolute Gasteiger partial charge is 0.308 e. The fourth-order valence-electron chi connectivity index (χ4n) is 2.63. The fraction of sp³-hybridized carbons (Fsp3) is 0.500. The van der Waals surface area contributed by atoms with Crippen molar-refractivity contribution in [1.29, 1.82) is 0 Å². The number of likely N-dealkylation sites (tertiary alicyclic amines) is 1. The van der Waals surface area contributed by atoms with Gasteiger partial charge >= 0.3 is 5.97 Å². The molecule has 0 aliphatic carbocycles. The first-order valence-electron chi connectivity index (χ1n) is 6.29. The SMILES string of the molecule is COc1ccc(Cl)cc1CN1CC(C)C(C(=O)O)C1. The number of carboxylic acid groups (broad SMARTS) is 1. The van der Waals surface area contributed by atoms with Crippen LogP contribution in [0.3, 0.4) is 0 Å². The van der Waals surface area contributed by atoms with Crippen molar-refractivity contribution in [2.24, 2.45) is 11.8 Å². The minimum Gasteiger partial charge on any atom is -0.496 e. The molecule has 2 rings (SSSR count). The first-order chi connectivity index (χ1) is 9.01. The highest BCUT2D eigenvalue weighted by Gasteiger charge is 2.34. The Hall–Kier alpha value is -1.26. The maximum Gasteiger partial charge on any atom is 0.308 e. The second-order valence-electron chi connectivity index (χ2n) is 5.07. The van der Waals surface area contributed by atoms with Crippen molar-refractivity contribution in [3.63, 3.8) is 0 Å². The van der Waals surface area contributed by atoms with Crippen LogP contribution in [0.25, 0.3) is 0 Å². The molecule has 1 aliphatic rings. The Morgan fingerprint density at radius 3 is 2.84 bits per heavy atom. The molecule has 1 fully saturated rings. The predicted molar refractivity (Wildman–Crippen MR) is 73.6 cm³/mol. The molecule has 104 valence electrons. The third-order valence-corrected chi connectivity index (χ3v) is 3.88. The Bertz CT molecular complexity index is 478. The highest BCUT2D eigenvalue weighted by molar-refractivity contribution is 6.30. The molecule has 19 heavy (non-hydrogen) atoms. The van der Waals surface area contributed by atoms with Crippen molar-refractivity contribution in [3.05, 3.63) is 28.8 Å². The predicted octanol–water partition coefficient (Wildman–Crippen LogP) is 2.50. The minimum absolute atomic E-state index is 0.169. The standard InChI is InChI=1S/C14H18ClNO3/c1-9-6-16(8-12(9)14(17)18)7-10-5-11(15)3-4-13(10)19-2/h3-5,9,12H,6-8H2,1-2H3,(H,17,18). The van der Waals surface area contributed by atoms with Gasteiger partial charge in [0.1, 0.15) is 5.75 Å². The number of hydrogen-bond acceptors (Lipinski definition) is 3. The minimum atomic E-state index is -0.715. The topological polar surface area (TPSA) is 49.8 Å². The normalized spacial score (nSPS) is 23.5. The lowest BCUT2D eigenvalue weighted by Gasteiger charge is -2.17. The van der Waals surface area contributed by atoms with E-state index in [9.17, 15) is 4.79 Å². The largest absolute Gasteiger partial charge is 0.496 e. The van der Waals surface area contributed by atoms with Crippen LogP contribution in [0.5, 0.6) is 5.75 Å².